The third kappa shape index (κ3) is 3.38. The molecule has 1 aromatic carbocycles. The second-order valence-corrected chi connectivity index (χ2v) is 3.81. The minimum Gasteiger partial charge on any atom is -0.491 e. The van der Waals surface area contributed by atoms with Crippen molar-refractivity contribution < 1.29 is 22.6 Å². The first-order chi connectivity index (χ1) is 7.46. The molecule has 1 aromatic rings. The molecule has 16 heavy (non-hydrogen) atoms. The summed E-state index contributed by atoms with van der Waals surface area (Å²) in [5.74, 6) is -0.195. The lowest BCUT2D eigenvalue weighted by molar-refractivity contribution is -0.139. The highest BCUT2D eigenvalue weighted by molar-refractivity contribution is 9.10. The number of rotatable bonds is 4. The number of methoxy groups -OCH3 is 1. The van der Waals surface area contributed by atoms with E-state index < -0.39 is 11.7 Å². The number of hydrogen-bond donors (Lipinski definition) is 0. The Bertz CT molecular complexity index is 352. The van der Waals surface area contributed by atoms with Gasteiger partial charge >= 0.3 is 6.18 Å². The van der Waals surface area contributed by atoms with Crippen LogP contribution in [0.4, 0.5) is 13.2 Å². The van der Waals surface area contributed by atoms with Crippen LogP contribution in [0.5, 0.6) is 5.75 Å². The van der Waals surface area contributed by atoms with Crippen molar-refractivity contribution in [3.05, 3.63) is 28.2 Å². The molecular weight excluding hydrogens is 289 g/mol. The molecule has 0 amide bonds. The topological polar surface area (TPSA) is 18.5 Å². The van der Waals surface area contributed by atoms with Gasteiger partial charge in [0.25, 0.3) is 0 Å². The second kappa shape index (κ2) is 5.54. The van der Waals surface area contributed by atoms with Gasteiger partial charge < -0.3 is 9.47 Å². The van der Waals surface area contributed by atoms with Crippen molar-refractivity contribution in [2.24, 2.45) is 0 Å². The predicted molar refractivity (Wildman–Crippen MR) is 56.5 cm³/mol. The van der Waals surface area contributed by atoms with Crippen LogP contribution in [0.15, 0.2) is 22.7 Å². The van der Waals surface area contributed by atoms with Gasteiger partial charge in [-0.25, -0.2) is 0 Å². The Kier molecular flexibility index (Phi) is 4.61. The SMILES string of the molecule is COCCOc1cccc(Br)c1C(F)(F)F. The maximum absolute atomic E-state index is 12.7. The van der Waals surface area contributed by atoms with E-state index in [0.717, 1.165) is 0 Å². The molecule has 0 spiro atoms. The van der Waals surface area contributed by atoms with Crippen molar-refractivity contribution >= 4 is 15.9 Å². The molecule has 0 fully saturated rings. The van der Waals surface area contributed by atoms with Crippen molar-refractivity contribution in [1.29, 1.82) is 0 Å². The van der Waals surface area contributed by atoms with E-state index in [4.69, 9.17) is 9.47 Å². The van der Waals surface area contributed by atoms with E-state index in [9.17, 15) is 13.2 Å². The monoisotopic (exact) mass is 298 g/mol. The molecule has 0 radical (unpaired) electrons. The van der Waals surface area contributed by atoms with Crippen LogP contribution in [-0.4, -0.2) is 20.3 Å². The lowest BCUT2D eigenvalue weighted by Crippen LogP contribution is -2.12. The van der Waals surface area contributed by atoms with Gasteiger partial charge in [-0.2, -0.15) is 13.2 Å². The van der Waals surface area contributed by atoms with E-state index in [1.54, 1.807) is 0 Å². The van der Waals surface area contributed by atoms with Gasteiger partial charge in [0, 0.05) is 11.6 Å². The largest absolute Gasteiger partial charge is 0.491 e. The molecule has 0 unspecified atom stereocenters. The zero-order valence-electron chi connectivity index (χ0n) is 8.47. The number of hydrogen-bond acceptors (Lipinski definition) is 2. The fourth-order valence-electron chi connectivity index (χ4n) is 1.13. The average molecular weight is 299 g/mol. The van der Waals surface area contributed by atoms with Gasteiger partial charge in [0.1, 0.15) is 17.9 Å². The highest BCUT2D eigenvalue weighted by atomic mass is 79.9. The van der Waals surface area contributed by atoms with Crippen LogP contribution in [0.2, 0.25) is 0 Å². The fourth-order valence-corrected chi connectivity index (χ4v) is 1.71. The molecule has 0 saturated heterocycles. The van der Waals surface area contributed by atoms with Gasteiger partial charge in [0.05, 0.1) is 6.61 Å². The lowest BCUT2D eigenvalue weighted by atomic mass is 10.2. The van der Waals surface area contributed by atoms with E-state index in [1.165, 1.54) is 25.3 Å². The Labute approximate surface area is 99.5 Å². The van der Waals surface area contributed by atoms with Crippen molar-refractivity contribution in [1.82, 2.24) is 0 Å². The van der Waals surface area contributed by atoms with Crippen molar-refractivity contribution in [2.45, 2.75) is 6.18 Å². The third-order valence-corrected chi connectivity index (χ3v) is 2.46. The van der Waals surface area contributed by atoms with Gasteiger partial charge in [0.15, 0.2) is 0 Å². The summed E-state index contributed by atoms with van der Waals surface area (Å²) in [6.07, 6.45) is -4.44. The zero-order chi connectivity index (χ0) is 12.2. The molecule has 6 heteroatoms. The van der Waals surface area contributed by atoms with Crippen LogP contribution < -0.4 is 4.74 Å². The molecule has 0 bridgehead atoms. The number of benzene rings is 1. The van der Waals surface area contributed by atoms with Crippen LogP contribution in [-0.2, 0) is 10.9 Å². The molecule has 0 aliphatic heterocycles. The summed E-state index contributed by atoms with van der Waals surface area (Å²) in [6, 6.07) is 4.09. The van der Waals surface area contributed by atoms with Crippen LogP contribution in [0.1, 0.15) is 5.56 Å². The number of ether oxygens (including phenoxy) is 2. The first-order valence-electron chi connectivity index (χ1n) is 4.44. The number of halogens is 4. The van der Waals surface area contributed by atoms with E-state index >= 15 is 0 Å². The molecule has 0 heterocycles. The standard InChI is InChI=1S/C10H10BrF3O2/c1-15-5-6-16-8-4-2-3-7(11)9(8)10(12,13)14/h2-4H,5-6H2,1H3. The number of alkyl halides is 3. The highest BCUT2D eigenvalue weighted by Gasteiger charge is 2.36. The molecule has 0 saturated carbocycles. The van der Waals surface area contributed by atoms with Crippen LogP contribution in [0.3, 0.4) is 0 Å². The van der Waals surface area contributed by atoms with Crippen molar-refractivity contribution in [3.63, 3.8) is 0 Å². The van der Waals surface area contributed by atoms with Crippen LogP contribution in [0.25, 0.3) is 0 Å². The Hall–Kier alpha value is -0.750. The quantitative estimate of drug-likeness (QED) is 0.792. The molecule has 2 nitrogen and oxygen atoms in total. The normalized spacial score (nSPS) is 11.6. The first kappa shape index (κ1) is 13.3. The van der Waals surface area contributed by atoms with E-state index in [-0.39, 0.29) is 23.4 Å². The maximum Gasteiger partial charge on any atom is 0.421 e. The predicted octanol–water partition coefficient (Wildman–Crippen LogP) is 3.49. The summed E-state index contributed by atoms with van der Waals surface area (Å²) < 4.78 is 47.7. The minimum absolute atomic E-state index is 0.0325. The van der Waals surface area contributed by atoms with Gasteiger partial charge in [0.2, 0.25) is 0 Å². The molecule has 0 atom stereocenters. The molecule has 0 aliphatic rings. The third-order valence-electron chi connectivity index (χ3n) is 1.80. The first-order valence-corrected chi connectivity index (χ1v) is 5.23. The van der Waals surface area contributed by atoms with E-state index in [0.29, 0.717) is 0 Å². The molecule has 0 N–H and O–H groups in total. The summed E-state index contributed by atoms with van der Waals surface area (Å²) >= 11 is 2.86. The fraction of sp³-hybridized carbons (Fsp3) is 0.400. The molecule has 0 aliphatic carbocycles. The van der Waals surface area contributed by atoms with Gasteiger partial charge in [-0.05, 0) is 12.1 Å². The average Bonchev–Trinajstić information content (AvgIpc) is 2.16. The maximum atomic E-state index is 12.7. The zero-order valence-corrected chi connectivity index (χ0v) is 10.1. The van der Waals surface area contributed by atoms with Crippen LogP contribution >= 0.6 is 15.9 Å². The lowest BCUT2D eigenvalue weighted by Gasteiger charge is -2.15. The van der Waals surface area contributed by atoms with Crippen LogP contribution in [0, 0.1) is 0 Å². The summed E-state index contributed by atoms with van der Waals surface area (Å²) in [5.41, 5.74) is -0.800. The Morgan fingerprint density at radius 3 is 2.50 bits per heavy atom. The van der Waals surface area contributed by atoms with Gasteiger partial charge in [-0.1, -0.05) is 22.0 Å². The highest BCUT2D eigenvalue weighted by Crippen LogP contribution is 2.40. The van der Waals surface area contributed by atoms with Gasteiger partial charge in [-0.15, -0.1) is 0 Å². The van der Waals surface area contributed by atoms with Crippen molar-refractivity contribution in [3.8, 4) is 5.75 Å². The second-order valence-electron chi connectivity index (χ2n) is 2.95. The van der Waals surface area contributed by atoms with E-state index in [2.05, 4.69) is 15.9 Å². The molecule has 1 rings (SSSR count). The Balaban J connectivity index is 2.95. The molecule has 90 valence electrons. The Morgan fingerprint density at radius 1 is 1.25 bits per heavy atom. The molecule has 0 aromatic heterocycles. The van der Waals surface area contributed by atoms with Gasteiger partial charge in [-0.3, -0.25) is 0 Å². The summed E-state index contributed by atoms with van der Waals surface area (Å²) in [6.45, 7) is 0.319. The Morgan fingerprint density at radius 2 is 1.94 bits per heavy atom. The minimum atomic E-state index is -4.44. The summed E-state index contributed by atoms with van der Waals surface area (Å²) in [5, 5.41) is 0. The molecular formula is C10H10BrF3O2. The summed E-state index contributed by atoms with van der Waals surface area (Å²) in [4.78, 5) is 0. The summed E-state index contributed by atoms with van der Waals surface area (Å²) in [7, 11) is 1.45. The smallest absolute Gasteiger partial charge is 0.421 e. The van der Waals surface area contributed by atoms with Crippen molar-refractivity contribution in [2.75, 3.05) is 20.3 Å². The van der Waals surface area contributed by atoms with E-state index in [1.807, 2.05) is 0 Å².